The number of pyridine rings is 1. The van der Waals surface area contributed by atoms with E-state index in [4.69, 9.17) is 5.21 Å². The van der Waals surface area contributed by atoms with Crippen LogP contribution in [0.2, 0.25) is 0 Å². The predicted octanol–water partition coefficient (Wildman–Crippen LogP) is 0.929. The minimum absolute atomic E-state index is 0.366. The van der Waals surface area contributed by atoms with Crippen LogP contribution in [-0.2, 0) is 4.74 Å². The average molecular weight is 219 g/mol. The Hall–Kier alpha value is -2.37. The number of hydrogen-bond donors (Lipinski definition) is 1. The van der Waals surface area contributed by atoms with E-state index in [-0.39, 0.29) is 0 Å². The second kappa shape index (κ2) is 4.01. The Morgan fingerprint density at radius 2 is 2.44 bits per heavy atom. The van der Waals surface area contributed by atoms with E-state index >= 15 is 0 Å². The lowest BCUT2D eigenvalue weighted by Crippen LogP contribution is -2.08. The van der Waals surface area contributed by atoms with Crippen LogP contribution in [0, 0.1) is 0 Å². The van der Waals surface area contributed by atoms with Crippen molar-refractivity contribution in [3.8, 4) is 0 Å². The Morgan fingerprint density at radius 3 is 3.12 bits per heavy atom. The van der Waals surface area contributed by atoms with Crippen LogP contribution in [0.5, 0.6) is 0 Å². The summed E-state index contributed by atoms with van der Waals surface area (Å²) >= 11 is 0. The molecule has 6 nitrogen and oxygen atoms in total. The van der Waals surface area contributed by atoms with E-state index in [0.717, 1.165) is 0 Å². The molecule has 16 heavy (non-hydrogen) atoms. The Morgan fingerprint density at radius 1 is 1.62 bits per heavy atom. The highest BCUT2D eigenvalue weighted by molar-refractivity contribution is 5.92. The number of rotatable bonds is 2. The largest absolute Gasteiger partial charge is 0.464 e. The van der Waals surface area contributed by atoms with E-state index in [0.29, 0.717) is 16.9 Å². The normalized spacial score (nSPS) is 11.1. The summed E-state index contributed by atoms with van der Waals surface area (Å²) in [6.07, 6.45) is 4.44. The SMILES string of the molecule is COC(=O)c1ccc(C=NO)c2nccn12. The summed E-state index contributed by atoms with van der Waals surface area (Å²) in [4.78, 5) is 15.5. The summed E-state index contributed by atoms with van der Waals surface area (Å²) in [6.45, 7) is 0. The lowest BCUT2D eigenvalue weighted by atomic mass is 10.2. The standard InChI is InChI=1S/C10H9N3O3/c1-16-10(14)8-3-2-7(6-12-15)9-11-4-5-13(8)9/h2-6,15H,1H3. The number of oxime groups is 1. The number of hydrogen-bond acceptors (Lipinski definition) is 5. The van der Waals surface area contributed by atoms with Crippen LogP contribution in [0.3, 0.4) is 0 Å². The number of aromatic nitrogens is 2. The van der Waals surface area contributed by atoms with Crippen molar-refractivity contribution in [1.82, 2.24) is 9.38 Å². The third kappa shape index (κ3) is 1.50. The average Bonchev–Trinajstić information content (AvgIpc) is 2.78. The number of esters is 1. The summed E-state index contributed by atoms with van der Waals surface area (Å²) in [5.74, 6) is -0.449. The van der Waals surface area contributed by atoms with Crippen LogP contribution in [0.15, 0.2) is 29.7 Å². The van der Waals surface area contributed by atoms with Gasteiger partial charge in [0.1, 0.15) is 11.3 Å². The molecule has 0 unspecified atom stereocenters. The molecule has 2 aromatic rings. The number of carbonyl (C=O) groups excluding carboxylic acids is 1. The molecule has 0 radical (unpaired) electrons. The van der Waals surface area contributed by atoms with E-state index < -0.39 is 5.97 Å². The molecule has 0 saturated heterocycles. The highest BCUT2D eigenvalue weighted by Crippen LogP contribution is 2.11. The molecular weight excluding hydrogens is 210 g/mol. The van der Waals surface area contributed by atoms with E-state index in [1.54, 1.807) is 28.9 Å². The van der Waals surface area contributed by atoms with Crippen molar-refractivity contribution in [3.63, 3.8) is 0 Å². The van der Waals surface area contributed by atoms with Crippen LogP contribution < -0.4 is 0 Å². The van der Waals surface area contributed by atoms with E-state index in [9.17, 15) is 4.79 Å². The first-order valence-electron chi connectivity index (χ1n) is 4.49. The third-order valence-electron chi connectivity index (χ3n) is 2.17. The summed E-state index contributed by atoms with van der Waals surface area (Å²) < 4.78 is 6.22. The van der Waals surface area contributed by atoms with Gasteiger partial charge in [-0.3, -0.25) is 4.40 Å². The van der Waals surface area contributed by atoms with E-state index in [2.05, 4.69) is 14.9 Å². The van der Waals surface area contributed by atoms with Crippen molar-refractivity contribution in [2.45, 2.75) is 0 Å². The number of imidazole rings is 1. The van der Waals surface area contributed by atoms with Gasteiger partial charge < -0.3 is 9.94 Å². The van der Waals surface area contributed by atoms with E-state index in [1.807, 2.05) is 0 Å². The molecule has 0 fully saturated rings. The van der Waals surface area contributed by atoms with Gasteiger partial charge in [-0.05, 0) is 12.1 Å². The topological polar surface area (TPSA) is 76.2 Å². The van der Waals surface area contributed by atoms with Crippen LogP contribution >= 0.6 is 0 Å². The quantitative estimate of drug-likeness (QED) is 0.353. The number of nitrogens with zero attached hydrogens (tertiary/aromatic N) is 3. The van der Waals surface area contributed by atoms with Crippen molar-refractivity contribution in [1.29, 1.82) is 0 Å². The lowest BCUT2D eigenvalue weighted by molar-refractivity contribution is 0.0592. The van der Waals surface area contributed by atoms with Gasteiger partial charge in [-0.2, -0.15) is 0 Å². The molecule has 0 amide bonds. The molecule has 2 aromatic heterocycles. The maximum absolute atomic E-state index is 11.4. The Kier molecular flexibility index (Phi) is 2.55. The maximum atomic E-state index is 11.4. The first kappa shape index (κ1) is 10.2. The second-order valence-corrected chi connectivity index (χ2v) is 3.03. The van der Waals surface area contributed by atoms with Gasteiger partial charge >= 0.3 is 5.97 Å². The van der Waals surface area contributed by atoms with Gasteiger partial charge in [-0.25, -0.2) is 9.78 Å². The Bertz CT molecular complexity index is 559. The van der Waals surface area contributed by atoms with Crippen molar-refractivity contribution in [2.24, 2.45) is 5.16 Å². The van der Waals surface area contributed by atoms with Crippen molar-refractivity contribution < 1.29 is 14.7 Å². The molecule has 2 rings (SSSR count). The molecule has 0 aliphatic carbocycles. The fourth-order valence-electron chi connectivity index (χ4n) is 1.47. The highest BCUT2D eigenvalue weighted by atomic mass is 16.5. The smallest absolute Gasteiger partial charge is 0.355 e. The zero-order valence-corrected chi connectivity index (χ0v) is 8.49. The third-order valence-corrected chi connectivity index (χ3v) is 2.17. The van der Waals surface area contributed by atoms with Gasteiger partial charge in [0.05, 0.1) is 13.3 Å². The van der Waals surface area contributed by atoms with Crippen LogP contribution in [-0.4, -0.2) is 33.9 Å². The zero-order valence-electron chi connectivity index (χ0n) is 8.49. The van der Waals surface area contributed by atoms with Crippen molar-refractivity contribution in [3.05, 3.63) is 35.8 Å². The Labute approximate surface area is 90.8 Å². The number of ether oxygens (including phenoxy) is 1. The minimum Gasteiger partial charge on any atom is -0.464 e. The van der Waals surface area contributed by atoms with Crippen LogP contribution in [0.4, 0.5) is 0 Å². The van der Waals surface area contributed by atoms with Gasteiger partial charge in [-0.15, -0.1) is 0 Å². The summed E-state index contributed by atoms with van der Waals surface area (Å²) in [5.41, 5.74) is 1.51. The molecule has 1 N–H and O–H groups in total. The molecule has 0 spiro atoms. The van der Waals surface area contributed by atoms with Gasteiger partial charge in [0.25, 0.3) is 0 Å². The van der Waals surface area contributed by atoms with Crippen molar-refractivity contribution >= 4 is 17.8 Å². The zero-order chi connectivity index (χ0) is 11.5. The molecular formula is C10H9N3O3. The molecule has 0 aromatic carbocycles. The number of methoxy groups -OCH3 is 1. The monoisotopic (exact) mass is 219 g/mol. The molecule has 0 aliphatic heterocycles. The molecule has 0 bridgehead atoms. The van der Waals surface area contributed by atoms with Crippen LogP contribution in [0.1, 0.15) is 16.1 Å². The first-order chi connectivity index (χ1) is 7.77. The molecule has 6 heteroatoms. The molecule has 0 atom stereocenters. The summed E-state index contributed by atoms with van der Waals surface area (Å²) in [6, 6.07) is 3.21. The molecule has 0 aliphatic rings. The van der Waals surface area contributed by atoms with Gasteiger partial charge in [0, 0.05) is 18.0 Å². The fraction of sp³-hybridized carbons (Fsp3) is 0.100. The van der Waals surface area contributed by atoms with Gasteiger partial charge in [0.15, 0.2) is 0 Å². The Balaban J connectivity index is 2.68. The predicted molar refractivity (Wildman–Crippen MR) is 55.9 cm³/mol. The van der Waals surface area contributed by atoms with Gasteiger partial charge in [-0.1, -0.05) is 5.16 Å². The first-order valence-corrected chi connectivity index (χ1v) is 4.49. The highest BCUT2D eigenvalue weighted by Gasteiger charge is 2.12. The maximum Gasteiger partial charge on any atom is 0.355 e. The fourth-order valence-corrected chi connectivity index (χ4v) is 1.47. The van der Waals surface area contributed by atoms with Crippen LogP contribution in [0.25, 0.3) is 5.65 Å². The number of carbonyl (C=O) groups is 1. The van der Waals surface area contributed by atoms with E-state index in [1.165, 1.54) is 13.3 Å². The molecule has 2 heterocycles. The molecule has 82 valence electrons. The second-order valence-electron chi connectivity index (χ2n) is 3.03. The lowest BCUT2D eigenvalue weighted by Gasteiger charge is -2.04. The minimum atomic E-state index is -0.449. The number of fused-ring (bicyclic) bond motifs is 1. The summed E-state index contributed by atoms with van der Waals surface area (Å²) in [5, 5.41) is 11.4. The molecule has 0 saturated carbocycles. The summed E-state index contributed by atoms with van der Waals surface area (Å²) in [7, 11) is 1.31. The van der Waals surface area contributed by atoms with Gasteiger partial charge in [0.2, 0.25) is 0 Å². The van der Waals surface area contributed by atoms with Crippen molar-refractivity contribution in [2.75, 3.05) is 7.11 Å².